The van der Waals surface area contributed by atoms with Gasteiger partial charge in [0.05, 0.1) is 19.6 Å². The Morgan fingerprint density at radius 3 is 2.46 bits per heavy atom. The Morgan fingerprint density at radius 2 is 1.83 bits per heavy atom. The molecule has 0 radical (unpaired) electrons. The number of alkyl halides is 3. The van der Waals surface area contributed by atoms with Crippen LogP contribution in [-0.2, 0) is 17.8 Å². The van der Waals surface area contributed by atoms with Gasteiger partial charge in [0.15, 0.2) is 5.65 Å². The molecule has 1 atom stereocenters. The maximum absolute atomic E-state index is 14.4. The van der Waals surface area contributed by atoms with Gasteiger partial charge in [0, 0.05) is 67.5 Å². The lowest BCUT2D eigenvalue weighted by atomic mass is 9.69. The van der Waals surface area contributed by atoms with Gasteiger partial charge < -0.3 is 34.1 Å². The number of nitrogens with zero attached hydrogens (tertiary/aromatic N) is 5. The van der Waals surface area contributed by atoms with E-state index in [2.05, 4.69) is 15.3 Å². The van der Waals surface area contributed by atoms with E-state index < -0.39 is 34.9 Å². The third-order valence-electron chi connectivity index (χ3n) is 10.7. The van der Waals surface area contributed by atoms with Crippen molar-refractivity contribution in [3.63, 3.8) is 0 Å². The lowest BCUT2D eigenvalue weighted by Gasteiger charge is -2.39. The van der Waals surface area contributed by atoms with Crippen molar-refractivity contribution in [3.8, 4) is 22.3 Å². The van der Waals surface area contributed by atoms with Crippen LogP contribution in [0.15, 0.2) is 34.1 Å². The number of aromatic nitrogens is 4. The van der Waals surface area contributed by atoms with Crippen LogP contribution >= 0.6 is 11.3 Å². The number of pyridine rings is 3. The summed E-state index contributed by atoms with van der Waals surface area (Å²) < 4.78 is 53.9. The average molecular weight is 742 g/mol. The number of hydrogen-bond acceptors (Lipinski definition) is 10. The quantitative estimate of drug-likeness (QED) is 0.260. The molecule has 1 saturated heterocycles. The minimum absolute atomic E-state index is 0.0123. The second-order valence-corrected chi connectivity index (χ2v) is 14.6. The number of nitrogens with one attached hydrogen (secondary N) is 2. The SMILES string of the molecule is CCc1c(N2CCN(C(=O)c3c(OC)[nH]cc(C)c3=O)CC2)c(=O)c2sc(-c3ccnc(OC)c3)nc2n1CC(=O)NC1CC2(C(F)(F)F)CC1C2. The van der Waals surface area contributed by atoms with Crippen molar-refractivity contribution < 1.29 is 32.2 Å². The fraction of sp³-hybridized carbons (Fsp3) is 0.486. The predicted octanol–water partition coefficient (Wildman–Crippen LogP) is 3.91. The molecule has 2 N–H and O–H groups in total. The Kier molecular flexibility index (Phi) is 9.03. The molecule has 3 aliphatic carbocycles. The molecule has 5 heterocycles. The first-order chi connectivity index (χ1) is 24.8. The summed E-state index contributed by atoms with van der Waals surface area (Å²) in [6.45, 7) is 4.12. The molecule has 1 unspecified atom stereocenters. The van der Waals surface area contributed by atoms with Gasteiger partial charge in [0.2, 0.25) is 28.5 Å². The molecule has 17 heteroatoms. The van der Waals surface area contributed by atoms with Gasteiger partial charge in [0.1, 0.15) is 27.5 Å². The number of thiazole rings is 1. The number of methoxy groups -OCH3 is 2. The highest BCUT2D eigenvalue weighted by molar-refractivity contribution is 7.21. The number of amides is 2. The Hall–Kier alpha value is -4.93. The van der Waals surface area contributed by atoms with Crippen LogP contribution in [0.25, 0.3) is 20.9 Å². The van der Waals surface area contributed by atoms with Gasteiger partial charge in [-0.3, -0.25) is 19.2 Å². The van der Waals surface area contributed by atoms with E-state index in [-0.39, 0.29) is 74.8 Å². The fourth-order valence-electron chi connectivity index (χ4n) is 7.92. The molecule has 52 heavy (non-hydrogen) atoms. The number of halogens is 3. The van der Waals surface area contributed by atoms with Crippen molar-refractivity contribution in [3.05, 3.63) is 61.8 Å². The van der Waals surface area contributed by atoms with Crippen molar-refractivity contribution in [1.82, 2.24) is 29.7 Å². The second-order valence-electron chi connectivity index (χ2n) is 13.6. The summed E-state index contributed by atoms with van der Waals surface area (Å²) in [7, 11) is 2.86. The number of H-pyrrole nitrogens is 1. The zero-order valence-electron chi connectivity index (χ0n) is 29.1. The van der Waals surface area contributed by atoms with Gasteiger partial charge >= 0.3 is 6.18 Å². The van der Waals surface area contributed by atoms with Crippen molar-refractivity contribution in [2.75, 3.05) is 45.3 Å². The Morgan fingerprint density at radius 1 is 1.10 bits per heavy atom. The number of aromatic amines is 1. The largest absolute Gasteiger partial charge is 0.482 e. The van der Waals surface area contributed by atoms with Gasteiger partial charge in [-0.05, 0) is 44.6 Å². The molecular formula is C35H38F3N7O6S. The van der Waals surface area contributed by atoms with Crippen molar-refractivity contribution >= 4 is 39.2 Å². The zero-order chi connectivity index (χ0) is 37.1. The number of ether oxygens (including phenoxy) is 2. The minimum Gasteiger partial charge on any atom is -0.482 e. The highest BCUT2D eigenvalue weighted by atomic mass is 32.1. The average Bonchev–Trinajstić information content (AvgIpc) is 3.83. The van der Waals surface area contributed by atoms with Crippen LogP contribution in [0.4, 0.5) is 18.9 Å². The Balaban J connectivity index is 1.23. The standard InChI is InChI=1S/C35H38F3N7O6S/c1-5-22-26(43-8-10-44(11-9-43)33(49)25-27(47)18(2)16-40-31(25)51-4)28(48)29-30(42-32(52-29)19-6-7-39-24(12-19)50-3)45(22)17-23(46)41-21-15-34(35(36,37)38)13-20(21)14-34/h6-7,12,16,20-21H,5,8-11,13-15,17H2,1-4H3,(H,40,47)(H,41,46). The minimum atomic E-state index is -4.32. The highest BCUT2D eigenvalue weighted by Crippen LogP contribution is 2.65. The molecule has 0 aromatic carbocycles. The number of carbonyl (C=O) groups is 2. The van der Waals surface area contributed by atoms with E-state index in [1.54, 1.807) is 34.7 Å². The number of carbonyl (C=O) groups excluding carboxylic acids is 2. The molecule has 2 amide bonds. The normalized spacial score (nSPS) is 21.3. The van der Waals surface area contributed by atoms with E-state index in [1.165, 1.54) is 20.4 Å². The maximum atomic E-state index is 14.4. The van der Waals surface area contributed by atoms with Gasteiger partial charge in [-0.25, -0.2) is 9.97 Å². The molecule has 3 saturated carbocycles. The van der Waals surface area contributed by atoms with Crippen LogP contribution < -0.4 is 30.5 Å². The third kappa shape index (κ3) is 5.87. The fourth-order valence-corrected chi connectivity index (χ4v) is 8.93. The summed E-state index contributed by atoms with van der Waals surface area (Å²) in [5.74, 6) is -0.764. The summed E-state index contributed by atoms with van der Waals surface area (Å²) >= 11 is 1.16. The molecule has 4 aromatic heterocycles. The second kappa shape index (κ2) is 13.2. The summed E-state index contributed by atoms with van der Waals surface area (Å²) in [4.78, 5) is 69.8. The van der Waals surface area contributed by atoms with E-state index in [1.807, 2.05) is 11.8 Å². The molecule has 8 rings (SSSR count). The molecule has 0 spiro atoms. The van der Waals surface area contributed by atoms with Crippen molar-refractivity contribution in [2.45, 2.75) is 58.3 Å². The van der Waals surface area contributed by atoms with E-state index in [0.29, 0.717) is 50.2 Å². The highest BCUT2D eigenvalue weighted by Gasteiger charge is 2.69. The topological polar surface area (TPSA) is 152 Å². The van der Waals surface area contributed by atoms with Crippen LogP contribution in [0.5, 0.6) is 11.8 Å². The Bertz CT molecular complexity index is 2180. The smallest absolute Gasteiger partial charge is 0.394 e. The molecule has 4 fully saturated rings. The van der Waals surface area contributed by atoms with Crippen LogP contribution in [0.3, 0.4) is 0 Å². The number of anilines is 1. The lowest BCUT2D eigenvalue weighted by Crippen LogP contribution is -2.51. The van der Waals surface area contributed by atoms with E-state index in [0.717, 1.165) is 11.3 Å². The molecule has 13 nitrogen and oxygen atoms in total. The van der Waals surface area contributed by atoms with Crippen molar-refractivity contribution in [2.24, 2.45) is 11.3 Å². The molecular weight excluding hydrogens is 703 g/mol. The molecule has 2 bridgehead atoms. The number of rotatable bonds is 9. The van der Waals surface area contributed by atoms with E-state index in [9.17, 15) is 32.3 Å². The Labute approximate surface area is 299 Å². The van der Waals surface area contributed by atoms with Crippen molar-refractivity contribution in [1.29, 1.82) is 0 Å². The lowest BCUT2D eigenvalue weighted by molar-refractivity contribution is -0.244. The van der Waals surface area contributed by atoms with Gasteiger partial charge in [-0.2, -0.15) is 13.2 Å². The third-order valence-corrected chi connectivity index (χ3v) is 11.8. The summed E-state index contributed by atoms with van der Waals surface area (Å²) in [6.07, 6.45) is -1.06. The molecule has 276 valence electrons. The molecule has 4 aliphatic rings. The first-order valence-electron chi connectivity index (χ1n) is 17.0. The monoisotopic (exact) mass is 741 g/mol. The number of piperazine rings is 1. The number of aryl methyl sites for hydroxylation is 1. The number of fused-ring (bicyclic) bond motifs is 2. The van der Waals surface area contributed by atoms with Crippen LogP contribution in [0.1, 0.15) is 47.8 Å². The van der Waals surface area contributed by atoms with Crippen LogP contribution in [0.2, 0.25) is 0 Å². The van der Waals surface area contributed by atoms with E-state index in [4.69, 9.17) is 14.5 Å². The van der Waals surface area contributed by atoms with Gasteiger partial charge in [-0.1, -0.05) is 6.92 Å². The summed E-state index contributed by atoms with van der Waals surface area (Å²) in [5, 5.41) is 3.37. The maximum Gasteiger partial charge on any atom is 0.394 e. The van der Waals surface area contributed by atoms with Crippen LogP contribution in [0, 0.1) is 18.3 Å². The molecule has 1 aliphatic heterocycles. The van der Waals surface area contributed by atoms with Gasteiger partial charge in [-0.15, -0.1) is 11.3 Å². The first kappa shape index (κ1) is 35.5. The number of hydrogen-bond donors (Lipinski definition) is 2. The van der Waals surface area contributed by atoms with E-state index >= 15 is 0 Å². The summed E-state index contributed by atoms with van der Waals surface area (Å²) in [5.41, 5.74) is -0.332. The molecule has 4 aromatic rings. The predicted molar refractivity (Wildman–Crippen MR) is 187 cm³/mol. The first-order valence-corrected chi connectivity index (χ1v) is 17.8. The van der Waals surface area contributed by atoms with Crippen LogP contribution in [-0.4, -0.2) is 88.9 Å². The van der Waals surface area contributed by atoms with Gasteiger partial charge in [0.25, 0.3) is 5.91 Å². The summed E-state index contributed by atoms with van der Waals surface area (Å²) in [6, 6.07) is 2.83. The zero-order valence-corrected chi connectivity index (χ0v) is 29.9.